The predicted octanol–water partition coefficient (Wildman–Crippen LogP) is 2.91. The lowest BCUT2D eigenvalue weighted by atomic mass is 10.1. The maximum Gasteiger partial charge on any atom is 0.381 e. The zero-order valence-electron chi connectivity index (χ0n) is 14.7. The second-order valence-corrected chi connectivity index (χ2v) is 6.70. The summed E-state index contributed by atoms with van der Waals surface area (Å²) in [6.45, 7) is 6.45. The number of aryl methyl sites for hydroxylation is 3. The van der Waals surface area contributed by atoms with E-state index in [-0.39, 0.29) is 24.3 Å². The molecule has 1 saturated carbocycles. The fraction of sp³-hybridized carbons (Fsp3) is 0.444. The van der Waals surface area contributed by atoms with E-state index in [9.17, 15) is 14.9 Å². The van der Waals surface area contributed by atoms with Crippen molar-refractivity contribution < 1.29 is 9.72 Å². The Kier molecular flexibility index (Phi) is 4.57. The van der Waals surface area contributed by atoms with Crippen molar-refractivity contribution in [1.82, 2.24) is 14.5 Å². The molecule has 0 atom stereocenters. The highest BCUT2D eigenvalue weighted by atomic mass is 16.6. The molecule has 1 aromatic carbocycles. The summed E-state index contributed by atoms with van der Waals surface area (Å²) in [5.74, 6) is 0.218. The number of hydrogen-bond acceptors (Lipinski definition) is 4. The van der Waals surface area contributed by atoms with Gasteiger partial charge >= 0.3 is 5.82 Å². The summed E-state index contributed by atoms with van der Waals surface area (Å²) >= 11 is 0. The highest BCUT2D eigenvalue weighted by Crippen LogP contribution is 2.29. The minimum Gasteiger partial charge on any atom is -0.358 e. The Bertz CT molecular complexity index is 824. The van der Waals surface area contributed by atoms with Crippen LogP contribution in [0.25, 0.3) is 0 Å². The van der Waals surface area contributed by atoms with Gasteiger partial charge in [-0.15, -0.1) is 0 Å². The van der Waals surface area contributed by atoms with Gasteiger partial charge in [-0.3, -0.25) is 9.36 Å². The number of amides is 1. The number of hydrogen-bond donors (Lipinski definition) is 0. The number of carbonyl (C=O) groups is 1. The summed E-state index contributed by atoms with van der Waals surface area (Å²) in [6.07, 6.45) is 3.35. The van der Waals surface area contributed by atoms with E-state index in [0.29, 0.717) is 12.4 Å². The lowest BCUT2D eigenvalue weighted by Crippen LogP contribution is -2.35. The van der Waals surface area contributed by atoms with Crippen LogP contribution in [0.3, 0.4) is 0 Å². The van der Waals surface area contributed by atoms with Gasteiger partial charge in [0.05, 0.1) is 0 Å². The average Bonchev–Trinajstić information content (AvgIpc) is 3.32. The third kappa shape index (κ3) is 3.87. The van der Waals surface area contributed by atoms with Gasteiger partial charge in [0.2, 0.25) is 11.7 Å². The van der Waals surface area contributed by atoms with E-state index in [0.717, 1.165) is 18.4 Å². The molecule has 1 amide bonds. The molecule has 0 aliphatic heterocycles. The highest BCUT2D eigenvalue weighted by Gasteiger charge is 2.33. The summed E-state index contributed by atoms with van der Waals surface area (Å²) < 4.78 is 1.55. The minimum absolute atomic E-state index is 0.0314. The molecule has 1 heterocycles. The van der Waals surface area contributed by atoms with Crippen molar-refractivity contribution in [1.29, 1.82) is 0 Å². The van der Waals surface area contributed by atoms with Crippen molar-refractivity contribution in [3.63, 3.8) is 0 Å². The minimum atomic E-state index is -0.540. The third-order valence-corrected chi connectivity index (χ3v) is 4.69. The van der Waals surface area contributed by atoms with Crippen molar-refractivity contribution in [3.8, 4) is 0 Å². The van der Waals surface area contributed by atoms with Crippen LogP contribution in [0.15, 0.2) is 24.4 Å². The Balaban J connectivity index is 1.75. The summed E-state index contributed by atoms with van der Waals surface area (Å²) in [7, 11) is 0. The topological polar surface area (TPSA) is 81.3 Å². The number of imidazole rings is 1. The Hall–Kier alpha value is -2.70. The molecule has 0 unspecified atom stereocenters. The molecule has 0 bridgehead atoms. The fourth-order valence-corrected chi connectivity index (χ4v) is 2.88. The SMILES string of the molecule is Cc1ccc(CN(C(=O)Cn2cc([N+](=O)[O-])nc2C)C2CC2)cc1C. The maximum absolute atomic E-state index is 12.8. The van der Waals surface area contributed by atoms with Crippen molar-refractivity contribution in [2.45, 2.75) is 52.7 Å². The number of carbonyl (C=O) groups excluding carboxylic acids is 1. The molecule has 1 fully saturated rings. The van der Waals surface area contributed by atoms with E-state index in [4.69, 9.17) is 0 Å². The van der Waals surface area contributed by atoms with Gasteiger partial charge in [-0.1, -0.05) is 18.2 Å². The standard InChI is InChI=1S/C18H22N4O3/c1-12-4-5-15(8-13(12)2)9-21(16-6-7-16)18(23)11-20-10-17(22(24)25)19-14(20)3/h4-5,8,10,16H,6-7,9,11H2,1-3H3. The number of aromatic nitrogens is 2. The first-order chi connectivity index (χ1) is 11.8. The molecule has 0 N–H and O–H groups in total. The molecule has 1 aromatic heterocycles. The van der Waals surface area contributed by atoms with Crippen LogP contribution in [0.4, 0.5) is 5.82 Å². The van der Waals surface area contributed by atoms with Gasteiger partial charge in [-0.2, -0.15) is 0 Å². The quantitative estimate of drug-likeness (QED) is 0.597. The third-order valence-electron chi connectivity index (χ3n) is 4.69. The molecule has 0 saturated heterocycles. The van der Waals surface area contributed by atoms with Crippen molar-refractivity contribution in [3.05, 3.63) is 57.0 Å². The van der Waals surface area contributed by atoms with Gasteiger partial charge in [0.25, 0.3) is 0 Å². The van der Waals surface area contributed by atoms with Crippen LogP contribution in [-0.2, 0) is 17.9 Å². The molecular formula is C18H22N4O3. The van der Waals surface area contributed by atoms with Gasteiger partial charge in [-0.25, -0.2) is 0 Å². The van der Waals surface area contributed by atoms with Gasteiger partial charge in [0.15, 0.2) is 0 Å². The molecule has 7 heteroatoms. The average molecular weight is 342 g/mol. The fourth-order valence-electron chi connectivity index (χ4n) is 2.88. The number of nitro groups is 1. The summed E-state index contributed by atoms with van der Waals surface area (Å²) in [5.41, 5.74) is 3.55. The van der Waals surface area contributed by atoms with Crippen LogP contribution >= 0.6 is 0 Å². The molecule has 0 spiro atoms. The Morgan fingerprint density at radius 2 is 2.04 bits per heavy atom. The smallest absolute Gasteiger partial charge is 0.358 e. The Labute approximate surface area is 146 Å². The van der Waals surface area contributed by atoms with Gasteiger partial charge in [-0.05, 0) is 53.3 Å². The van der Waals surface area contributed by atoms with Crippen molar-refractivity contribution in [2.75, 3.05) is 0 Å². The molecule has 3 rings (SSSR count). The van der Waals surface area contributed by atoms with Crippen LogP contribution in [-0.4, -0.2) is 31.3 Å². The van der Waals surface area contributed by atoms with E-state index in [1.165, 1.54) is 17.3 Å². The summed E-state index contributed by atoms with van der Waals surface area (Å²) in [6, 6.07) is 6.51. The maximum atomic E-state index is 12.8. The molecular weight excluding hydrogens is 320 g/mol. The molecule has 1 aliphatic rings. The van der Waals surface area contributed by atoms with Crippen molar-refractivity contribution in [2.24, 2.45) is 0 Å². The van der Waals surface area contributed by atoms with Crippen LogP contribution in [0.1, 0.15) is 35.4 Å². The van der Waals surface area contributed by atoms with E-state index >= 15 is 0 Å². The predicted molar refractivity (Wildman–Crippen MR) is 93.1 cm³/mol. The van der Waals surface area contributed by atoms with Gasteiger partial charge < -0.3 is 15.0 Å². The summed E-state index contributed by atoms with van der Waals surface area (Å²) in [4.78, 5) is 28.9. The van der Waals surface area contributed by atoms with Crippen LogP contribution in [0.2, 0.25) is 0 Å². The van der Waals surface area contributed by atoms with Crippen LogP contribution in [0.5, 0.6) is 0 Å². The van der Waals surface area contributed by atoms with Gasteiger partial charge in [0.1, 0.15) is 12.7 Å². The molecule has 1 aliphatic carbocycles. The number of rotatable bonds is 6. The summed E-state index contributed by atoms with van der Waals surface area (Å²) in [5, 5.41) is 10.8. The highest BCUT2D eigenvalue weighted by molar-refractivity contribution is 5.77. The van der Waals surface area contributed by atoms with E-state index in [1.54, 1.807) is 11.5 Å². The first kappa shape index (κ1) is 17.1. The lowest BCUT2D eigenvalue weighted by molar-refractivity contribution is -0.389. The van der Waals surface area contributed by atoms with E-state index < -0.39 is 4.92 Å². The normalized spacial score (nSPS) is 13.7. The number of benzene rings is 1. The monoisotopic (exact) mass is 342 g/mol. The van der Waals surface area contributed by atoms with E-state index in [2.05, 4.69) is 37.0 Å². The largest absolute Gasteiger partial charge is 0.381 e. The van der Waals surface area contributed by atoms with Crippen molar-refractivity contribution >= 4 is 11.7 Å². The number of nitrogens with zero attached hydrogens (tertiary/aromatic N) is 4. The van der Waals surface area contributed by atoms with Gasteiger partial charge in [0, 0.05) is 19.5 Å². The Morgan fingerprint density at radius 1 is 1.32 bits per heavy atom. The lowest BCUT2D eigenvalue weighted by Gasteiger charge is -2.23. The molecule has 132 valence electrons. The Morgan fingerprint density at radius 3 is 2.60 bits per heavy atom. The zero-order chi connectivity index (χ0) is 18.1. The molecule has 7 nitrogen and oxygen atoms in total. The molecule has 0 radical (unpaired) electrons. The first-order valence-electron chi connectivity index (χ1n) is 8.39. The van der Waals surface area contributed by atoms with E-state index in [1.807, 2.05) is 4.90 Å². The second kappa shape index (κ2) is 6.66. The molecule has 25 heavy (non-hydrogen) atoms. The molecule has 2 aromatic rings. The first-order valence-corrected chi connectivity index (χ1v) is 8.39. The van der Waals surface area contributed by atoms with Crippen LogP contribution < -0.4 is 0 Å². The second-order valence-electron chi connectivity index (χ2n) is 6.70. The van der Waals surface area contributed by atoms with Crippen LogP contribution in [0, 0.1) is 30.9 Å². The zero-order valence-corrected chi connectivity index (χ0v) is 14.7.